The summed E-state index contributed by atoms with van der Waals surface area (Å²) in [4.78, 5) is 13.5. The molecule has 3 rings (SSSR count). The molecular weight excluding hydrogens is 463 g/mol. The molecule has 1 N–H and O–H groups in total. The second-order valence-electron chi connectivity index (χ2n) is 6.86. The van der Waals surface area contributed by atoms with E-state index in [0.717, 1.165) is 17.7 Å². The van der Waals surface area contributed by atoms with Crippen molar-refractivity contribution in [1.29, 1.82) is 0 Å². The number of rotatable bonds is 5. The van der Waals surface area contributed by atoms with E-state index in [0.29, 0.717) is 5.02 Å². The Morgan fingerprint density at radius 2 is 2.03 bits per heavy atom. The molecule has 2 aromatic rings. The van der Waals surface area contributed by atoms with Crippen LogP contribution in [0.25, 0.3) is 0 Å². The number of alkyl halides is 3. The minimum absolute atomic E-state index is 0.0831. The van der Waals surface area contributed by atoms with Gasteiger partial charge in [0.15, 0.2) is 0 Å². The van der Waals surface area contributed by atoms with Gasteiger partial charge in [-0.3, -0.25) is 10.2 Å². The average Bonchev–Trinajstić information content (AvgIpc) is 2.70. The maximum atomic E-state index is 13.5. The molecule has 0 aliphatic carbocycles. The SMILES string of the molecule is O=C(Nc1ccc(Cl)c(F)c1)O[C@@H](CN1CCO[C@H](c2cccc(Cl)c2)C1)C(F)(F)F. The molecule has 0 unspecified atom stereocenters. The van der Waals surface area contributed by atoms with Crippen molar-refractivity contribution in [3.05, 3.63) is 63.9 Å². The summed E-state index contributed by atoms with van der Waals surface area (Å²) in [6.07, 6.45) is -9.01. The van der Waals surface area contributed by atoms with Crippen LogP contribution < -0.4 is 5.32 Å². The van der Waals surface area contributed by atoms with Gasteiger partial charge in [0.1, 0.15) is 5.82 Å². The van der Waals surface area contributed by atoms with E-state index in [9.17, 15) is 22.4 Å². The minimum Gasteiger partial charge on any atom is -0.435 e. The molecule has 168 valence electrons. The second-order valence-corrected chi connectivity index (χ2v) is 7.71. The number of anilines is 1. The van der Waals surface area contributed by atoms with Gasteiger partial charge < -0.3 is 9.47 Å². The van der Waals surface area contributed by atoms with E-state index < -0.39 is 36.8 Å². The molecule has 0 aromatic heterocycles. The number of amides is 1. The highest BCUT2D eigenvalue weighted by atomic mass is 35.5. The zero-order valence-electron chi connectivity index (χ0n) is 16.0. The fourth-order valence-corrected chi connectivity index (χ4v) is 3.39. The van der Waals surface area contributed by atoms with E-state index in [4.69, 9.17) is 27.9 Å². The summed E-state index contributed by atoms with van der Waals surface area (Å²) in [7, 11) is 0. The standard InChI is InChI=1S/C20H18Cl2F4N2O3/c21-13-3-1-2-12(8-13)17-10-28(6-7-30-17)11-18(20(24,25)26)31-19(29)27-14-4-5-15(22)16(23)9-14/h1-5,8-9,17-18H,6-7,10-11H2,(H,27,29)/t17-,18-/m0/s1. The zero-order chi connectivity index (χ0) is 22.6. The lowest BCUT2D eigenvalue weighted by Gasteiger charge is -2.35. The van der Waals surface area contributed by atoms with Crippen LogP contribution in [0.15, 0.2) is 42.5 Å². The van der Waals surface area contributed by atoms with Crippen LogP contribution in [0.5, 0.6) is 0 Å². The molecule has 1 saturated heterocycles. The van der Waals surface area contributed by atoms with Gasteiger partial charge in [-0.05, 0) is 35.9 Å². The van der Waals surface area contributed by atoms with Gasteiger partial charge in [-0.1, -0.05) is 35.3 Å². The summed E-state index contributed by atoms with van der Waals surface area (Å²) < 4.78 is 64.2. The van der Waals surface area contributed by atoms with Gasteiger partial charge in [0.05, 0.1) is 17.7 Å². The molecule has 1 amide bonds. The van der Waals surface area contributed by atoms with E-state index in [1.54, 1.807) is 24.3 Å². The van der Waals surface area contributed by atoms with E-state index in [1.807, 2.05) is 0 Å². The molecule has 1 heterocycles. The van der Waals surface area contributed by atoms with Crippen molar-refractivity contribution in [3.8, 4) is 0 Å². The Balaban J connectivity index is 1.64. The Hall–Kier alpha value is -2.07. The van der Waals surface area contributed by atoms with Gasteiger partial charge in [-0.15, -0.1) is 0 Å². The maximum absolute atomic E-state index is 13.5. The number of ether oxygens (including phenoxy) is 2. The molecule has 2 atom stereocenters. The molecule has 5 nitrogen and oxygen atoms in total. The smallest absolute Gasteiger partial charge is 0.426 e. The topological polar surface area (TPSA) is 50.8 Å². The number of carbonyl (C=O) groups is 1. The van der Waals surface area contributed by atoms with Gasteiger partial charge in [-0.2, -0.15) is 13.2 Å². The first-order valence-electron chi connectivity index (χ1n) is 9.20. The van der Waals surface area contributed by atoms with Gasteiger partial charge >= 0.3 is 12.3 Å². The highest BCUT2D eigenvalue weighted by Gasteiger charge is 2.44. The van der Waals surface area contributed by atoms with Crippen LogP contribution in [0.4, 0.5) is 28.0 Å². The van der Waals surface area contributed by atoms with Gasteiger partial charge in [0.2, 0.25) is 6.10 Å². The lowest BCUT2D eigenvalue weighted by atomic mass is 10.1. The van der Waals surface area contributed by atoms with E-state index in [2.05, 4.69) is 10.1 Å². The van der Waals surface area contributed by atoms with Crippen LogP contribution in [0.3, 0.4) is 0 Å². The Morgan fingerprint density at radius 1 is 1.26 bits per heavy atom. The third-order valence-corrected chi connectivity index (χ3v) is 5.12. The Labute approximate surface area is 185 Å². The van der Waals surface area contributed by atoms with Crippen LogP contribution in [0.1, 0.15) is 11.7 Å². The van der Waals surface area contributed by atoms with Crippen molar-refractivity contribution in [2.24, 2.45) is 0 Å². The van der Waals surface area contributed by atoms with Crippen molar-refractivity contribution in [1.82, 2.24) is 4.90 Å². The van der Waals surface area contributed by atoms with E-state index in [1.165, 1.54) is 11.0 Å². The minimum atomic E-state index is -4.80. The second kappa shape index (κ2) is 10.0. The molecule has 11 heteroatoms. The first-order chi connectivity index (χ1) is 14.6. The van der Waals surface area contributed by atoms with Gasteiger partial charge in [0, 0.05) is 30.3 Å². The van der Waals surface area contributed by atoms with Crippen molar-refractivity contribution >= 4 is 35.0 Å². The summed E-state index contributed by atoms with van der Waals surface area (Å²) in [6.45, 7) is 0.0294. The quantitative estimate of drug-likeness (QED) is 0.558. The lowest BCUT2D eigenvalue weighted by molar-refractivity contribution is -0.209. The summed E-state index contributed by atoms with van der Waals surface area (Å²) in [5, 5.41) is 2.38. The number of nitrogens with zero attached hydrogens (tertiary/aromatic N) is 1. The number of carbonyl (C=O) groups excluding carboxylic acids is 1. The first-order valence-corrected chi connectivity index (χ1v) is 9.96. The molecule has 2 aromatic carbocycles. The van der Waals surface area contributed by atoms with E-state index >= 15 is 0 Å². The monoisotopic (exact) mass is 480 g/mol. The lowest BCUT2D eigenvalue weighted by Crippen LogP contribution is -2.48. The summed E-state index contributed by atoms with van der Waals surface area (Å²) in [5.74, 6) is -0.827. The molecule has 31 heavy (non-hydrogen) atoms. The molecule has 0 radical (unpaired) electrons. The van der Waals surface area contributed by atoms with Crippen molar-refractivity contribution < 1.29 is 31.8 Å². The Morgan fingerprint density at radius 3 is 2.71 bits per heavy atom. The van der Waals surface area contributed by atoms with E-state index in [-0.39, 0.29) is 30.4 Å². The number of benzene rings is 2. The number of hydrogen-bond donors (Lipinski definition) is 1. The molecule has 0 spiro atoms. The third kappa shape index (κ3) is 6.70. The summed E-state index contributed by atoms with van der Waals surface area (Å²) in [6, 6.07) is 10.2. The molecule has 1 fully saturated rings. The number of morpholine rings is 1. The molecule has 1 aliphatic rings. The fraction of sp³-hybridized carbons (Fsp3) is 0.350. The largest absolute Gasteiger partial charge is 0.435 e. The zero-order valence-corrected chi connectivity index (χ0v) is 17.5. The molecule has 1 aliphatic heterocycles. The van der Waals surface area contributed by atoms with Crippen LogP contribution in [-0.2, 0) is 9.47 Å². The van der Waals surface area contributed by atoms with Crippen LogP contribution in [0, 0.1) is 5.82 Å². The fourth-order valence-electron chi connectivity index (χ4n) is 3.07. The van der Waals surface area contributed by atoms with Crippen molar-refractivity contribution in [2.75, 3.05) is 31.6 Å². The summed E-state index contributed by atoms with van der Waals surface area (Å²) >= 11 is 11.5. The van der Waals surface area contributed by atoms with Crippen LogP contribution in [0.2, 0.25) is 10.0 Å². The van der Waals surface area contributed by atoms with Crippen LogP contribution in [-0.4, -0.2) is 49.5 Å². The van der Waals surface area contributed by atoms with Gasteiger partial charge in [-0.25, -0.2) is 9.18 Å². The molecule has 0 saturated carbocycles. The van der Waals surface area contributed by atoms with Crippen LogP contribution >= 0.6 is 23.2 Å². The number of halogens is 6. The predicted octanol–water partition coefficient (Wildman–Crippen LogP) is 5.69. The Kier molecular flexibility index (Phi) is 7.64. The first kappa shape index (κ1) is 23.6. The average molecular weight is 481 g/mol. The van der Waals surface area contributed by atoms with Crippen molar-refractivity contribution in [3.63, 3.8) is 0 Å². The summed E-state index contributed by atoms with van der Waals surface area (Å²) in [5.41, 5.74) is 0.657. The predicted molar refractivity (Wildman–Crippen MR) is 108 cm³/mol. The number of hydrogen-bond acceptors (Lipinski definition) is 4. The maximum Gasteiger partial charge on any atom is 0.426 e. The van der Waals surface area contributed by atoms with Gasteiger partial charge in [0.25, 0.3) is 0 Å². The normalized spacial score (nSPS) is 18.5. The molecular formula is C20H18Cl2F4N2O3. The number of nitrogens with one attached hydrogen (secondary N) is 1. The molecule has 0 bridgehead atoms. The highest BCUT2D eigenvalue weighted by molar-refractivity contribution is 6.31. The highest BCUT2D eigenvalue weighted by Crippen LogP contribution is 2.28. The third-order valence-electron chi connectivity index (χ3n) is 4.58. The Bertz CT molecular complexity index is 930. The van der Waals surface area contributed by atoms with Crippen molar-refractivity contribution in [2.45, 2.75) is 18.4 Å².